The number of hydrogen-bond donors (Lipinski definition) is 1. The number of imidazole rings is 1. The molecule has 1 N–H and O–H groups in total. The number of nitrogens with one attached hydrogen (secondary N) is 1. The molecule has 1 aromatic carbocycles. The number of alkyl halides is 3. The fraction of sp³-hybridized carbons (Fsp3) is 0.316. The van der Waals surface area contributed by atoms with E-state index in [9.17, 15) is 30.8 Å². The first kappa shape index (κ1) is 24.4. The molecule has 1 atom stereocenters. The highest BCUT2D eigenvalue weighted by Crippen LogP contribution is 2.30. The third-order valence-electron chi connectivity index (χ3n) is 4.48. The van der Waals surface area contributed by atoms with Crippen molar-refractivity contribution in [3.05, 3.63) is 60.2 Å². The molecule has 178 valence electrons. The van der Waals surface area contributed by atoms with E-state index in [0.29, 0.717) is 11.9 Å². The van der Waals surface area contributed by atoms with Gasteiger partial charge >= 0.3 is 6.18 Å². The second-order valence-electron chi connectivity index (χ2n) is 7.05. The van der Waals surface area contributed by atoms with E-state index >= 15 is 0 Å². The van der Waals surface area contributed by atoms with Gasteiger partial charge in [-0.25, -0.2) is 14.1 Å². The zero-order valence-electron chi connectivity index (χ0n) is 17.4. The molecule has 0 saturated heterocycles. The van der Waals surface area contributed by atoms with Gasteiger partial charge in [0.1, 0.15) is 17.7 Å². The van der Waals surface area contributed by atoms with E-state index in [1.807, 2.05) is 0 Å². The number of nitrogens with zero attached hydrogens (tertiary/aromatic N) is 4. The van der Waals surface area contributed by atoms with Gasteiger partial charge in [-0.05, 0) is 31.2 Å². The summed E-state index contributed by atoms with van der Waals surface area (Å²) >= 11 is 0. The second-order valence-corrected chi connectivity index (χ2v) is 8.69. The normalized spacial score (nSPS) is 13.2. The first-order valence-electron chi connectivity index (χ1n) is 9.42. The molecule has 0 aliphatic heterocycles. The van der Waals surface area contributed by atoms with Gasteiger partial charge in [0, 0.05) is 12.6 Å². The Morgan fingerprint density at radius 3 is 2.45 bits per heavy atom. The van der Waals surface area contributed by atoms with Gasteiger partial charge in [0.15, 0.2) is 5.69 Å². The van der Waals surface area contributed by atoms with Gasteiger partial charge in [-0.1, -0.05) is 0 Å². The minimum atomic E-state index is -4.73. The highest BCUT2D eigenvalue weighted by Gasteiger charge is 2.36. The lowest BCUT2D eigenvalue weighted by Gasteiger charge is -2.19. The van der Waals surface area contributed by atoms with Crippen LogP contribution in [0.5, 0.6) is 0 Å². The van der Waals surface area contributed by atoms with Crippen LogP contribution in [0.2, 0.25) is 0 Å². The van der Waals surface area contributed by atoms with E-state index in [1.54, 1.807) is 0 Å². The van der Waals surface area contributed by atoms with Gasteiger partial charge < -0.3 is 9.88 Å². The number of anilines is 1. The molecular weight excluding hydrogens is 470 g/mol. The molecule has 14 heteroatoms. The second kappa shape index (κ2) is 9.31. The lowest BCUT2D eigenvalue weighted by Crippen LogP contribution is -2.28. The number of carbonyl (C=O) groups is 1. The van der Waals surface area contributed by atoms with Gasteiger partial charge in [-0.2, -0.15) is 26.7 Å². The minimum absolute atomic E-state index is 0.0937. The lowest BCUT2D eigenvalue weighted by atomic mass is 10.2. The number of hydrogen-bond acceptors (Lipinski definition) is 6. The fourth-order valence-electron chi connectivity index (χ4n) is 2.99. The molecule has 9 nitrogen and oxygen atoms in total. The summed E-state index contributed by atoms with van der Waals surface area (Å²) in [5, 5.41) is 6.59. The molecule has 33 heavy (non-hydrogen) atoms. The molecule has 1 amide bonds. The first-order valence-corrected chi connectivity index (χ1v) is 11.2. The molecule has 0 aliphatic rings. The number of halogens is 4. The van der Waals surface area contributed by atoms with Gasteiger partial charge in [-0.3, -0.25) is 8.98 Å². The average molecular weight is 489 g/mol. The Balaban J connectivity index is 1.83. The van der Waals surface area contributed by atoms with Crippen LogP contribution in [0, 0.1) is 12.7 Å². The summed E-state index contributed by atoms with van der Waals surface area (Å²) < 4.78 is 81.8. The number of benzene rings is 1. The molecule has 0 spiro atoms. The Bertz CT molecular complexity index is 1240. The molecule has 2 heterocycles. The SMILES string of the molecule is Cc1nc(C(F)(F)F)cn1C(CCOS(C)(=O)=O)C(=O)Nc1cnn(-c2ccc(F)cc2)c1. The molecule has 0 bridgehead atoms. The highest BCUT2D eigenvalue weighted by atomic mass is 32.2. The maximum absolute atomic E-state index is 13.1. The van der Waals surface area contributed by atoms with E-state index in [-0.39, 0.29) is 17.9 Å². The molecule has 3 rings (SSSR count). The highest BCUT2D eigenvalue weighted by molar-refractivity contribution is 7.85. The summed E-state index contributed by atoms with van der Waals surface area (Å²) in [6.07, 6.45) is -0.751. The summed E-state index contributed by atoms with van der Waals surface area (Å²) in [5.41, 5.74) is -0.464. The number of rotatable bonds is 8. The smallest absolute Gasteiger partial charge is 0.322 e. The van der Waals surface area contributed by atoms with Crippen molar-refractivity contribution in [3.8, 4) is 5.69 Å². The Kier molecular flexibility index (Phi) is 6.88. The quantitative estimate of drug-likeness (QED) is 0.385. The predicted octanol–water partition coefficient (Wildman–Crippen LogP) is 3.08. The van der Waals surface area contributed by atoms with Crippen LogP contribution in [0.15, 0.2) is 42.9 Å². The van der Waals surface area contributed by atoms with Crippen LogP contribution in [0.1, 0.15) is 24.0 Å². The Hall–Kier alpha value is -3.26. The summed E-state index contributed by atoms with van der Waals surface area (Å²) in [4.78, 5) is 16.4. The summed E-state index contributed by atoms with van der Waals surface area (Å²) in [5.74, 6) is -1.27. The molecule has 0 radical (unpaired) electrons. The molecule has 0 fully saturated rings. The van der Waals surface area contributed by atoms with E-state index in [4.69, 9.17) is 0 Å². The zero-order chi connectivity index (χ0) is 24.4. The van der Waals surface area contributed by atoms with Crippen LogP contribution in [0.3, 0.4) is 0 Å². The fourth-order valence-corrected chi connectivity index (χ4v) is 3.39. The maximum Gasteiger partial charge on any atom is 0.434 e. The van der Waals surface area contributed by atoms with Crippen LogP contribution in [-0.2, 0) is 25.3 Å². The Labute approximate surface area is 186 Å². The molecule has 0 saturated carbocycles. The number of aryl methyl sites for hydroxylation is 1. The average Bonchev–Trinajstić information content (AvgIpc) is 3.31. The van der Waals surface area contributed by atoms with E-state index in [2.05, 4.69) is 19.6 Å². The molecular formula is C19H19F4N5O4S. The van der Waals surface area contributed by atoms with Gasteiger partial charge in [0.25, 0.3) is 10.1 Å². The maximum atomic E-state index is 13.1. The number of carbonyl (C=O) groups excluding carboxylic acids is 1. The largest absolute Gasteiger partial charge is 0.434 e. The number of aromatic nitrogens is 4. The van der Waals surface area contributed by atoms with E-state index < -0.39 is 46.4 Å². The van der Waals surface area contributed by atoms with Crippen LogP contribution in [0.4, 0.5) is 23.2 Å². The Morgan fingerprint density at radius 2 is 1.88 bits per heavy atom. The van der Waals surface area contributed by atoms with Crippen molar-refractivity contribution in [2.45, 2.75) is 25.6 Å². The number of amides is 1. The first-order chi connectivity index (χ1) is 15.3. The van der Waals surface area contributed by atoms with E-state index in [1.165, 1.54) is 48.3 Å². The Morgan fingerprint density at radius 1 is 1.21 bits per heavy atom. The molecule has 0 aliphatic carbocycles. The molecule has 3 aromatic rings. The van der Waals surface area contributed by atoms with Crippen molar-refractivity contribution in [2.75, 3.05) is 18.2 Å². The molecule has 1 unspecified atom stereocenters. The summed E-state index contributed by atoms with van der Waals surface area (Å²) in [7, 11) is -3.82. The van der Waals surface area contributed by atoms with Crippen LogP contribution in [0.25, 0.3) is 5.69 Å². The summed E-state index contributed by atoms with van der Waals surface area (Å²) in [6, 6.07) is 4.13. The third kappa shape index (κ3) is 6.38. The summed E-state index contributed by atoms with van der Waals surface area (Å²) in [6.45, 7) is 0.851. The van der Waals surface area contributed by atoms with Crippen molar-refractivity contribution in [3.63, 3.8) is 0 Å². The minimum Gasteiger partial charge on any atom is -0.322 e. The van der Waals surface area contributed by atoms with Crippen LogP contribution >= 0.6 is 0 Å². The van der Waals surface area contributed by atoms with Crippen LogP contribution < -0.4 is 5.32 Å². The van der Waals surface area contributed by atoms with Gasteiger partial charge in [0.05, 0.1) is 36.6 Å². The predicted molar refractivity (Wildman–Crippen MR) is 109 cm³/mol. The van der Waals surface area contributed by atoms with Gasteiger partial charge in [-0.15, -0.1) is 0 Å². The van der Waals surface area contributed by atoms with Crippen molar-refractivity contribution in [2.24, 2.45) is 0 Å². The van der Waals surface area contributed by atoms with Crippen molar-refractivity contribution < 1.29 is 35.0 Å². The third-order valence-corrected chi connectivity index (χ3v) is 5.07. The standard InChI is InChI=1S/C19H19F4N5O4S/c1-12-25-17(19(21,22)23)11-27(12)16(7-8-32-33(2,30)31)18(29)26-14-9-24-28(10-14)15-5-3-13(20)4-6-15/h3-6,9-11,16H,7-8H2,1-2H3,(H,26,29). The topological polar surface area (TPSA) is 108 Å². The van der Waals surface area contributed by atoms with Crippen LogP contribution in [-0.4, -0.2) is 46.5 Å². The van der Waals surface area contributed by atoms with Crippen molar-refractivity contribution >= 4 is 21.7 Å². The lowest BCUT2D eigenvalue weighted by molar-refractivity contribution is -0.141. The molecule has 2 aromatic heterocycles. The monoisotopic (exact) mass is 489 g/mol. The van der Waals surface area contributed by atoms with Crippen molar-refractivity contribution in [1.29, 1.82) is 0 Å². The van der Waals surface area contributed by atoms with Gasteiger partial charge in [0.2, 0.25) is 5.91 Å². The van der Waals surface area contributed by atoms with Crippen molar-refractivity contribution in [1.82, 2.24) is 19.3 Å². The zero-order valence-corrected chi connectivity index (χ0v) is 18.2. The van der Waals surface area contributed by atoms with E-state index in [0.717, 1.165) is 10.8 Å².